The zero-order valence-electron chi connectivity index (χ0n) is 15.1. The Morgan fingerprint density at radius 2 is 2.20 bits per heavy atom. The zero-order chi connectivity index (χ0) is 17.8. The molecule has 3 rings (SSSR count). The maximum absolute atomic E-state index is 12.5. The van der Waals surface area contributed by atoms with Crippen molar-refractivity contribution in [3.8, 4) is 0 Å². The molecular weight excluding hydrogens is 316 g/mol. The molecule has 1 aromatic carbocycles. The second-order valence-corrected chi connectivity index (χ2v) is 6.71. The minimum absolute atomic E-state index is 0.0115. The molecule has 2 amide bonds. The maximum atomic E-state index is 12.5. The number of urea groups is 1. The van der Waals surface area contributed by atoms with Gasteiger partial charge in [0.1, 0.15) is 0 Å². The van der Waals surface area contributed by atoms with Crippen LogP contribution >= 0.6 is 0 Å². The van der Waals surface area contributed by atoms with Crippen LogP contribution in [0.15, 0.2) is 36.7 Å². The van der Waals surface area contributed by atoms with E-state index in [1.165, 1.54) is 5.56 Å². The average molecular weight is 342 g/mol. The Labute approximate surface area is 148 Å². The minimum Gasteiger partial charge on any atom is -0.376 e. The lowest BCUT2D eigenvalue weighted by molar-refractivity contribution is 0.0940. The number of aryl methyl sites for hydroxylation is 1. The first-order valence-corrected chi connectivity index (χ1v) is 8.77. The number of rotatable bonds is 5. The Morgan fingerprint density at radius 3 is 2.88 bits per heavy atom. The summed E-state index contributed by atoms with van der Waals surface area (Å²) < 4.78 is 7.45. The summed E-state index contributed by atoms with van der Waals surface area (Å²) in [6.07, 6.45) is 5.93. The molecule has 0 bridgehead atoms. The van der Waals surface area contributed by atoms with E-state index in [-0.39, 0.29) is 18.2 Å². The number of carbonyl (C=O) groups excluding carboxylic acids is 1. The van der Waals surface area contributed by atoms with Gasteiger partial charge in [-0.2, -0.15) is 5.10 Å². The van der Waals surface area contributed by atoms with E-state index < -0.39 is 0 Å². The Kier molecular flexibility index (Phi) is 5.38. The highest BCUT2D eigenvalue weighted by Gasteiger charge is 2.19. The van der Waals surface area contributed by atoms with Gasteiger partial charge < -0.3 is 15.0 Å². The Balaban J connectivity index is 1.57. The van der Waals surface area contributed by atoms with Crippen molar-refractivity contribution in [2.45, 2.75) is 45.4 Å². The highest BCUT2D eigenvalue weighted by atomic mass is 16.5. The first-order valence-electron chi connectivity index (χ1n) is 8.77. The van der Waals surface area contributed by atoms with Crippen LogP contribution < -0.4 is 5.32 Å². The first-order chi connectivity index (χ1) is 12.0. The van der Waals surface area contributed by atoms with Crippen LogP contribution in [0.2, 0.25) is 0 Å². The third kappa shape index (κ3) is 4.39. The standard InChI is InChI=1S/C19H26N4O2/c1-14-6-8-16(9-7-14)15(2)22(3)19(24)21-17-11-20-23(12-17)13-18-5-4-10-25-18/h6-9,11-12,15,18H,4-5,10,13H2,1-3H3,(H,21,24)/t15-,18-/m1/s1. The summed E-state index contributed by atoms with van der Waals surface area (Å²) in [6.45, 7) is 5.63. The Bertz CT molecular complexity index is 704. The molecule has 2 atom stereocenters. The molecule has 1 aliphatic rings. The van der Waals surface area contributed by atoms with Crippen molar-refractivity contribution < 1.29 is 9.53 Å². The lowest BCUT2D eigenvalue weighted by Crippen LogP contribution is -2.33. The second-order valence-electron chi connectivity index (χ2n) is 6.71. The number of aromatic nitrogens is 2. The SMILES string of the molecule is Cc1ccc([C@@H](C)N(C)C(=O)Nc2cnn(C[C@H]3CCCO3)c2)cc1. The Hall–Kier alpha value is -2.34. The molecule has 134 valence electrons. The molecule has 6 heteroatoms. The van der Waals surface area contributed by atoms with Gasteiger partial charge in [-0.25, -0.2) is 4.79 Å². The summed E-state index contributed by atoms with van der Waals surface area (Å²) >= 11 is 0. The number of amides is 2. The third-order valence-corrected chi connectivity index (χ3v) is 4.76. The molecule has 0 unspecified atom stereocenters. The number of nitrogens with one attached hydrogen (secondary N) is 1. The number of hydrogen-bond donors (Lipinski definition) is 1. The van der Waals surface area contributed by atoms with Crippen molar-refractivity contribution in [1.82, 2.24) is 14.7 Å². The topological polar surface area (TPSA) is 59.4 Å². The predicted molar refractivity (Wildman–Crippen MR) is 97.6 cm³/mol. The zero-order valence-corrected chi connectivity index (χ0v) is 15.1. The Morgan fingerprint density at radius 1 is 1.44 bits per heavy atom. The number of anilines is 1. The van der Waals surface area contributed by atoms with E-state index in [0.717, 1.165) is 31.6 Å². The number of ether oxygens (including phenoxy) is 1. The fourth-order valence-corrected chi connectivity index (χ4v) is 2.98. The van der Waals surface area contributed by atoms with Crippen molar-refractivity contribution in [3.63, 3.8) is 0 Å². The molecule has 2 aromatic rings. The normalized spacial score (nSPS) is 18.1. The molecular formula is C19H26N4O2. The van der Waals surface area contributed by atoms with E-state index in [4.69, 9.17) is 4.74 Å². The largest absolute Gasteiger partial charge is 0.376 e. The molecule has 0 radical (unpaired) electrons. The molecule has 1 aromatic heterocycles. The van der Waals surface area contributed by atoms with Gasteiger partial charge in [-0.3, -0.25) is 4.68 Å². The number of benzene rings is 1. The van der Waals surface area contributed by atoms with Crippen molar-refractivity contribution in [2.75, 3.05) is 19.0 Å². The van der Waals surface area contributed by atoms with Crippen LogP contribution in [0.5, 0.6) is 0 Å². The van der Waals surface area contributed by atoms with Crippen molar-refractivity contribution in [2.24, 2.45) is 0 Å². The summed E-state index contributed by atoms with van der Waals surface area (Å²) in [5, 5.41) is 7.22. The predicted octanol–water partition coefficient (Wildman–Crippen LogP) is 3.60. The van der Waals surface area contributed by atoms with Gasteiger partial charge in [-0.15, -0.1) is 0 Å². The van der Waals surface area contributed by atoms with Gasteiger partial charge in [0.05, 0.1) is 30.6 Å². The molecule has 1 aliphatic heterocycles. The summed E-state index contributed by atoms with van der Waals surface area (Å²) in [7, 11) is 1.80. The van der Waals surface area contributed by atoms with E-state index in [0.29, 0.717) is 5.69 Å². The van der Waals surface area contributed by atoms with Crippen molar-refractivity contribution >= 4 is 11.7 Å². The summed E-state index contributed by atoms with van der Waals surface area (Å²) in [4.78, 5) is 14.2. The number of hydrogen-bond acceptors (Lipinski definition) is 3. The molecule has 0 aliphatic carbocycles. The van der Waals surface area contributed by atoms with Gasteiger partial charge in [0.2, 0.25) is 0 Å². The van der Waals surface area contributed by atoms with Crippen LogP contribution in [-0.4, -0.2) is 40.5 Å². The van der Waals surface area contributed by atoms with Gasteiger partial charge in [-0.1, -0.05) is 29.8 Å². The lowest BCUT2D eigenvalue weighted by Gasteiger charge is -2.25. The number of nitrogens with zero attached hydrogens (tertiary/aromatic N) is 3. The van der Waals surface area contributed by atoms with Crippen LogP contribution in [0.1, 0.15) is 36.9 Å². The van der Waals surface area contributed by atoms with Crippen LogP contribution in [-0.2, 0) is 11.3 Å². The van der Waals surface area contributed by atoms with Crippen LogP contribution in [0.3, 0.4) is 0 Å². The van der Waals surface area contributed by atoms with Crippen molar-refractivity contribution in [3.05, 3.63) is 47.8 Å². The van der Waals surface area contributed by atoms with Crippen LogP contribution in [0, 0.1) is 6.92 Å². The smallest absolute Gasteiger partial charge is 0.322 e. The molecule has 25 heavy (non-hydrogen) atoms. The highest BCUT2D eigenvalue weighted by Crippen LogP contribution is 2.20. The summed E-state index contributed by atoms with van der Waals surface area (Å²) in [5.74, 6) is 0. The fourth-order valence-electron chi connectivity index (χ4n) is 2.98. The van der Waals surface area contributed by atoms with Crippen LogP contribution in [0.25, 0.3) is 0 Å². The van der Waals surface area contributed by atoms with E-state index in [9.17, 15) is 4.79 Å². The van der Waals surface area contributed by atoms with Gasteiger partial charge in [0, 0.05) is 19.9 Å². The van der Waals surface area contributed by atoms with Gasteiger partial charge in [-0.05, 0) is 32.3 Å². The maximum Gasteiger partial charge on any atom is 0.322 e. The minimum atomic E-state index is -0.148. The van der Waals surface area contributed by atoms with Gasteiger partial charge in [0.25, 0.3) is 0 Å². The lowest BCUT2D eigenvalue weighted by atomic mass is 10.1. The van der Waals surface area contributed by atoms with E-state index in [1.54, 1.807) is 18.1 Å². The molecule has 0 saturated carbocycles. The monoisotopic (exact) mass is 342 g/mol. The molecule has 1 N–H and O–H groups in total. The van der Waals surface area contributed by atoms with E-state index in [1.807, 2.05) is 17.8 Å². The first kappa shape index (κ1) is 17.5. The fraction of sp³-hybridized carbons (Fsp3) is 0.474. The summed E-state index contributed by atoms with van der Waals surface area (Å²) in [6, 6.07) is 8.08. The quantitative estimate of drug-likeness (QED) is 0.903. The average Bonchev–Trinajstić information content (AvgIpc) is 3.27. The summed E-state index contributed by atoms with van der Waals surface area (Å²) in [5.41, 5.74) is 3.02. The molecule has 6 nitrogen and oxygen atoms in total. The molecule has 1 fully saturated rings. The second kappa shape index (κ2) is 7.70. The number of carbonyl (C=O) groups is 1. The van der Waals surface area contributed by atoms with Gasteiger partial charge >= 0.3 is 6.03 Å². The van der Waals surface area contributed by atoms with E-state index >= 15 is 0 Å². The van der Waals surface area contributed by atoms with Crippen LogP contribution in [0.4, 0.5) is 10.5 Å². The van der Waals surface area contributed by atoms with E-state index in [2.05, 4.69) is 41.6 Å². The molecule has 1 saturated heterocycles. The highest BCUT2D eigenvalue weighted by molar-refractivity contribution is 5.89. The third-order valence-electron chi connectivity index (χ3n) is 4.76. The van der Waals surface area contributed by atoms with Crippen molar-refractivity contribution in [1.29, 1.82) is 0 Å². The molecule has 2 heterocycles. The van der Waals surface area contributed by atoms with Gasteiger partial charge in [0.15, 0.2) is 0 Å². The molecule has 0 spiro atoms.